The van der Waals surface area contributed by atoms with E-state index >= 15 is 0 Å². The highest BCUT2D eigenvalue weighted by molar-refractivity contribution is 6.33. The summed E-state index contributed by atoms with van der Waals surface area (Å²) in [5, 5.41) is 9.17. The van der Waals surface area contributed by atoms with Crippen LogP contribution < -0.4 is 4.74 Å². The van der Waals surface area contributed by atoms with E-state index < -0.39 is 5.97 Å². The minimum atomic E-state index is -1.04. The van der Waals surface area contributed by atoms with Crippen LogP contribution in [0.5, 0.6) is 5.75 Å². The molecule has 1 heterocycles. The van der Waals surface area contributed by atoms with Crippen molar-refractivity contribution in [1.29, 1.82) is 0 Å². The maximum atomic E-state index is 10.9. The molecule has 0 saturated carbocycles. The molecule has 0 radical (unpaired) electrons. The largest absolute Gasteiger partial charge is 0.493 e. The monoisotopic (exact) mass is 270 g/mol. The summed E-state index contributed by atoms with van der Waals surface area (Å²) in [6, 6.07) is 4.70. The van der Waals surface area contributed by atoms with Gasteiger partial charge in [-0.05, 0) is 37.0 Å². The van der Waals surface area contributed by atoms with Crippen molar-refractivity contribution in [3.63, 3.8) is 0 Å². The summed E-state index contributed by atoms with van der Waals surface area (Å²) in [6.45, 7) is 2.13. The van der Waals surface area contributed by atoms with Crippen molar-refractivity contribution in [3.8, 4) is 5.75 Å². The van der Waals surface area contributed by atoms with Crippen molar-refractivity contribution in [3.05, 3.63) is 28.8 Å². The van der Waals surface area contributed by atoms with Crippen LogP contribution in [0.4, 0.5) is 0 Å². The summed E-state index contributed by atoms with van der Waals surface area (Å²) in [5.41, 5.74) is 0.0705. The third-order valence-electron chi connectivity index (χ3n) is 2.99. The van der Waals surface area contributed by atoms with Crippen LogP contribution in [0.2, 0.25) is 5.02 Å². The fourth-order valence-electron chi connectivity index (χ4n) is 1.89. The molecule has 0 unspecified atom stereocenters. The zero-order valence-corrected chi connectivity index (χ0v) is 10.7. The van der Waals surface area contributed by atoms with Crippen molar-refractivity contribution in [2.24, 2.45) is 5.92 Å². The number of benzene rings is 1. The van der Waals surface area contributed by atoms with E-state index in [2.05, 4.69) is 0 Å². The maximum Gasteiger partial charge on any atom is 0.337 e. The molecule has 1 N–H and O–H groups in total. The molecular formula is C13H15ClO4. The molecule has 0 spiro atoms. The van der Waals surface area contributed by atoms with Gasteiger partial charge in [-0.1, -0.05) is 11.6 Å². The first-order valence-corrected chi connectivity index (χ1v) is 6.28. The van der Waals surface area contributed by atoms with E-state index in [9.17, 15) is 4.79 Å². The Labute approximate surface area is 110 Å². The molecule has 1 aromatic rings. The maximum absolute atomic E-state index is 10.9. The number of halogens is 1. The summed E-state index contributed by atoms with van der Waals surface area (Å²) in [7, 11) is 0. The second-order valence-electron chi connectivity index (χ2n) is 4.31. The first-order chi connectivity index (χ1) is 8.66. The Morgan fingerprint density at radius 2 is 2.17 bits per heavy atom. The van der Waals surface area contributed by atoms with Gasteiger partial charge in [0.1, 0.15) is 5.75 Å². The zero-order chi connectivity index (χ0) is 13.0. The summed E-state index contributed by atoms with van der Waals surface area (Å²) in [4.78, 5) is 10.9. The predicted molar refractivity (Wildman–Crippen MR) is 67.4 cm³/mol. The Bertz CT molecular complexity index is 427. The van der Waals surface area contributed by atoms with Crippen LogP contribution in [-0.2, 0) is 4.74 Å². The van der Waals surface area contributed by atoms with Crippen LogP contribution >= 0.6 is 11.6 Å². The SMILES string of the molecule is O=C(O)c1cc(OCC2CCOCC2)ccc1Cl. The van der Waals surface area contributed by atoms with Crippen LogP contribution in [0.1, 0.15) is 23.2 Å². The van der Waals surface area contributed by atoms with Gasteiger partial charge in [-0.15, -0.1) is 0 Å². The van der Waals surface area contributed by atoms with Crippen LogP contribution in [0.25, 0.3) is 0 Å². The normalized spacial score (nSPS) is 16.5. The molecule has 0 aromatic heterocycles. The summed E-state index contributed by atoms with van der Waals surface area (Å²) in [5.74, 6) is -0.0254. The van der Waals surface area contributed by atoms with E-state index in [0.717, 1.165) is 26.1 Å². The minimum absolute atomic E-state index is 0.0705. The third-order valence-corrected chi connectivity index (χ3v) is 3.32. The average molecular weight is 271 g/mol. The van der Waals surface area contributed by atoms with Crippen molar-refractivity contribution < 1.29 is 19.4 Å². The van der Waals surface area contributed by atoms with Gasteiger partial charge in [-0.3, -0.25) is 0 Å². The lowest BCUT2D eigenvalue weighted by molar-refractivity contribution is 0.0497. The van der Waals surface area contributed by atoms with Gasteiger partial charge in [-0.25, -0.2) is 4.79 Å². The Hall–Kier alpha value is -1.26. The van der Waals surface area contributed by atoms with E-state index in [-0.39, 0.29) is 10.6 Å². The summed E-state index contributed by atoms with van der Waals surface area (Å²) in [6.07, 6.45) is 1.97. The second-order valence-corrected chi connectivity index (χ2v) is 4.72. The lowest BCUT2D eigenvalue weighted by atomic mass is 10.0. The number of carboxylic acids is 1. The molecule has 2 rings (SSSR count). The molecule has 1 saturated heterocycles. The molecule has 5 heteroatoms. The van der Waals surface area contributed by atoms with Crippen molar-refractivity contribution in [1.82, 2.24) is 0 Å². The molecule has 1 fully saturated rings. The zero-order valence-electron chi connectivity index (χ0n) is 9.89. The Balaban J connectivity index is 1.96. The number of rotatable bonds is 4. The molecule has 4 nitrogen and oxygen atoms in total. The van der Waals surface area contributed by atoms with Crippen LogP contribution in [0.15, 0.2) is 18.2 Å². The van der Waals surface area contributed by atoms with E-state index in [1.54, 1.807) is 12.1 Å². The van der Waals surface area contributed by atoms with Gasteiger partial charge in [0.05, 0.1) is 17.2 Å². The molecule has 1 aliphatic rings. The van der Waals surface area contributed by atoms with Crippen LogP contribution in [0.3, 0.4) is 0 Å². The minimum Gasteiger partial charge on any atom is -0.493 e. The van der Waals surface area contributed by atoms with E-state index in [1.807, 2.05) is 0 Å². The number of carbonyl (C=O) groups is 1. The Morgan fingerprint density at radius 3 is 2.83 bits per heavy atom. The number of hydrogen-bond donors (Lipinski definition) is 1. The lowest BCUT2D eigenvalue weighted by Crippen LogP contribution is -2.21. The van der Waals surface area contributed by atoms with E-state index in [0.29, 0.717) is 18.3 Å². The highest BCUT2D eigenvalue weighted by Crippen LogP contribution is 2.23. The quantitative estimate of drug-likeness (QED) is 0.914. The van der Waals surface area contributed by atoms with Crippen molar-refractivity contribution >= 4 is 17.6 Å². The number of carboxylic acid groups (broad SMARTS) is 1. The van der Waals surface area contributed by atoms with Crippen LogP contribution in [-0.4, -0.2) is 30.9 Å². The molecule has 0 aliphatic carbocycles. The average Bonchev–Trinajstić information content (AvgIpc) is 2.38. The van der Waals surface area contributed by atoms with Gasteiger partial charge >= 0.3 is 5.97 Å². The summed E-state index contributed by atoms with van der Waals surface area (Å²) < 4.78 is 10.9. The van der Waals surface area contributed by atoms with Crippen LogP contribution in [0, 0.1) is 5.92 Å². The van der Waals surface area contributed by atoms with Crippen molar-refractivity contribution in [2.45, 2.75) is 12.8 Å². The predicted octanol–water partition coefficient (Wildman–Crippen LogP) is 2.84. The smallest absolute Gasteiger partial charge is 0.337 e. The summed E-state index contributed by atoms with van der Waals surface area (Å²) >= 11 is 5.79. The molecule has 18 heavy (non-hydrogen) atoms. The van der Waals surface area contributed by atoms with Gasteiger partial charge in [-0.2, -0.15) is 0 Å². The highest BCUT2D eigenvalue weighted by atomic mass is 35.5. The standard InChI is InChI=1S/C13H15ClO4/c14-12-2-1-10(7-11(12)13(15)16)18-8-9-3-5-17-6-4-9/h1-2,7,9H,3-6,8H2,(H,15,16). The van der Waals surface area contributed by atoms with E-state index in [4.69, 9.17) is 26.2 Å². The first-order valence-electron chi connectivity index (χ1n) is 5.90. The molecule has 1 aliphatic heterocycles. The van der Waals surface area contributed by atoms with Gasteiger partial charge in [0.25, 0.3) is 0 Å². The van der Waals surface area contributed by atoms with Gasteiger partial charge in [0.2, 0.25) is 0 Å². The molecule has 0 amide bonds. The molecular weight excluding hydrogens is 256 g/mol. The number of aromatic carboxylic acids is 1. The molecule has 1 aromatic carbocycles. The first kappa shape index (κ1) is 13.2. The fraction of sp³-hybridized carbons (Fsp3) is 0.462. The van der Waals surface area contributed by atoms with E-state index in [1.165, 1.54) is 6.07 Å². The fourth-order valence-corrected chi connectivity index (χ4v) is 2.08. The Morgan fingerprint density at radius 1 is 1.44 bits per heavy atom. The van der Waals surface area contributed by atoms with Gasteiger partial charge in [0.15, 0.2) is 0 Å². The Kier molecular flexibility index (Phi) is 4.44. The van der Waals surface area contributed by atoms with Gasteiger partial charge < -0.3 is 14.6 Å². The molecule has 0 bridgehead atoms. The molecule has 0 atom stereocenters. The third kappa shape index (κ3) is 3.37. The second kappa shape index (κ2) is 6.07. The topological polar surface area (TPSA) is 55.8 Å². The number of ether oxygens (including phenoxy) is 2. The van der Waals surface area contributed by atoms with Gasteiger partial charge in [0, 0.05) is 13.2 Å². The molecule has 98 valence electrons. The number of hydrogen-bond acceptors (Lipinski definition) is 3. The van der Waals surface area contributed by atoms with Crippen molar-refractivity contribution in [2.75, 3.05) is 19.8 Å². The lowest BCUT2D eigenvalue weighted by Gasteiger charge is -2.22. The highest BCUT2D eigenvalue weighted by Gasteiger charge is 2.15.